The topological polar surface area (TPSA) is 220 Å². The van der Waals surface area contributed by atoms with Gasteiger partial charge < -0.3 is 45.6 Å². The molecular weight excluding hydrogens is 752 g/mol. The Morgan fingerprint density at radius 2 is 1.67 bits per heavy atom. The van der Waals surface area contributed by atoms with Crippen LogP contribution < -0.4 is 20.1 Å². The zero-order chi connectivity index (χ0) is 39.2. The molecule has 2 aromatic carbocycles. The van der Waals surface area contributed by atoms with Gasteiger partial charge in [0.05, 0.1) is 35.9 Å². The Hall–Kier alpha value is -3.38. The van der Waals surface area contributed by atoms with Gasteiger partial charge in [-0.15, -0.1) is 0 Å². The number of ether oxygens (including phenoxy) is 2. The molecule has 0 bridgehead atoms. The van der Waals surface area contributed by atoms with Crippen molar-refractivity contribution in [1.29, 1.82) is 0 Å². The minimum Gasteiger partial charge on any atom is -0.490 e. The highest BCUT2D eigenvalue weighted by atomic mass is 35.5. The minimum absolute atomic E-state index is 0.101. The second-order valence-electron chi connectivity index (χ2n) is 14.8. The van der Waals surface area contributed by atoms with Gasteiger partial charge in [0, 0.05) is 47.7 Å². The third kappa shape index (κ3) is 10.7. The van der Waals surface area contributed by atoms with Gasteiger partial charge in [-0.05, 0) is 105 Å². The number of nitrogens with zero attached hydrogens (tertiary/aromatic N) is 1. The van der Waals surface area contributed by atoms with Gasteiger partial charge in [-0.25, -0.2) is 17.9 Å². The van der Waals surface area contributed by atoms with E-state index in [1.807, 2.05) is 36.5 Å². The number of carbonyl (C=O) groups excluding carboxylic acids is 1. The molecule has 3 saturated carbocycles. The van der Waals surface area contributed by atoms with Crippen molar-refractivity contribution in [3.8, 4) is 16.9 Å². The Morgan fingerprint density at radius 3 is 2.38 bits per heavy atom. The smallest absolute Gasteiger partial charge is 0.315 e. The van der Waals surface area contributed by atoms with Crippen molar-refractivity contribution in [3.05, 3.63) is 77.1 Å². The predicted octanol–water partition coefficient (Wildman–Crippen LogP) is 3.11. The number of urea groups is 1. The first kappa shape index (κ1) is 41.3. The Balaban J connectivity index is 0.966. The van der Waals surface area contributed by atoms with E-state index in [4.69, 9.17) is 26.2 Å². The van der Waals surface area contributed by atoms with Crippen molar-refractivity contribution in [1.82, 2.24) is 20.3 Å². The van der Waals surface area contributed by atoms with Crippen LogP contribution in [0.3, 0.4) is 0 Å². The molecule has 3 aliphatic carbocycles. The van der Waals surface area contributed by atoms with Gasteiger partial charge in [-0.3, -0.25) is 4.98 Å². The average molecular weight is 803 g/mol. The molecule has 1 heterocycles. The van der Waals surface area contributed by atoms with E-state index in [9.17, 15) is 33.6 Å². The number of aliphatic hydroxyl groups excluding tert-OH is 5. The van der Waals surface area contributed by atoms with Crippen molar-refractivity contribution < 1.29 is 48.2 Å². The number of benzene rings is 2. The highest BCUT2D eigenvalue weighted by Crippen LogP contribution is 2.53. The monoisotopic (exact) mass is 802 g/mol. The summed E-state index contributed by atoms with van der Waals surface area (Å²) >= 11 is 6.56. The molecule has 300 valence electrons. The quantitative estimate of drug-likeness (QED) is 0.0881. The largest absolute Gasteiger partial charge is 0.490 e. The highest BCUT2D eigenvalue weighted by Gasteiger charge is 2.48. The first-order chi connectivity index (χ1) is 26.4. The van der Waals surface area contributed by atoms with Crippen molar-refractivity contribution in [2.24, 2.45) is 5.92 Å². The molecule has 6 rings (SSSR count). The van der Waals surface area contributed by atoms with E-state index in [-0.39, 0.29) is 42.7 Å². The summed E-state index contributed by atoms with van der Waals surface area (Å²) in [6.07, 6.45) is 4.36. The molecule has 1 aromatic heterocycles. The van der Waals surface area contributed by atoms with Crippen LogP contribution in [0.4, 0.5) is 4.79 Å². The maximum Gasteiger partial charge on any atom is 0.315 e. The zero-order valence-electron chi connectivity index (χ0n) is 30.5. The van der Waals surface area contributed by atoms with E-state index in [0.29, 0.717) is 29.8 Å². The third-order valence-corrected chi connectivity index (χ3v) is 12.5. The number of halogens is 1. The van der Waals surface area contributed by atoms with E-state index in [1.54, 1.807) is 18.3 Å². The van der Waals surface area contributed by atoms with Crippen LogP contribution in [-0.2, 0) is 27.0 Å². The number of rotatable bonds is 19. The van der Waals surface area contributed by atoms with Gasteiger partial charge in [-0.2, -0.15) is 0 Å². The number of hydrogen-bond donors (Lipinski definition) is 8. The summed E-state index contributed by atoms with van der Waals surface area (Å²) < 4.78 is 42.2. The normalized spacial score (nSPS) is 21.6. The van der Waals surface area contributed by atoms with Gasteiger partial charge in [0.2, 0.25) is 10.0 Å². The number of hydrogen-bond acceptors (Lipinski definition) is 11. The molecule has 4 atom stereocenters. The molecule has 55 heavy (non-hydrogen) atoms. The lowest BCUT2D eigenvalue weighted by Crippen LogP contribution is -2.51. The molecule has 16 heteroatoms. The van der Waals surface area contributed by atoms with Crippen LogP contribution in [0, 0.1) is 5.92 Å². The summed E-state index contributed by atoms with van der Waals surface area (Å²) in [5, 5.41) is 53.7. The van der Waals surface area contributed by atoms with Crippen LogP contribution in [0.2, 0.25) is 5.02 Å². The first-order valence-corrected chi connectivity index (χ1v) is 20.8. The molecule has 8 N–H and O–H groups in total. The Morgan fingerprint density at radius 1 is 0.945 bits per heavy atom. The molecule has 0 unspecified atom stereocenters. The molecule has 0 saturated heterocycles. The van der Waals surface area contributed by atoms with Crippen molar-refractivity contribution in [3.63, 3.8) is 0 Å². The fourth-order valence-electron chi connectivity index (χ4n) is 6.99. The van der Waals surface area contributed by atoms with Gasteiger partial charge in [0.1, 0.15) is 24.1 Å². The van der Waals surface area contributed by atoms with Crippen molar-refractivity contribution in [2.45, 2.75) is 111 Å². The lowest BCUT2D eigenvalue weighted by atomic mass is 9.84. The van der Waals surface area contributed by atoms with E-state index >= 15 is 0 Å². The van der Waals surface area contributed by atoms with Crippen LogP contribution in [0.1, 0.15) is 68.9 Å². The number of para-hydroxylation sites is 1. The maximum atomic E-state index is 13.4. The Labute approximate surface area is 326 Å². The lowest BCUT2D eigenvalue weighted by molar-refractivity contribution is -0.113. The van der Waals surface area contributed by atoms with Crippen LogP contribution >= 0.6 is 11.6 Å². The van der Waals surface area contributed by atoms with Crippen LogP contribution in [0.25, 0.3) is 11.1 Å². The van der Waals surface area contributed by atoms with E-state index in [1.165, 1.54) is 6.07 Å². The van der Waals surface area contributed by atoms with Crippen LogP contribution in [0.5, 0.6) is 5.75 Å². The average Bonchev–Trinajstić information content (AvgIpc) is 4.14. The van der Waals surface area contributed by atoms with Gasteiger partial charge in [0.25, 0.3) is 0 Å². The zero-order valence-corrected chi connectivity index (χ0v) is 32.1. The molecule has 2 amide bonds. The van der Waals surface area contributed by atoms with E-state index < -0.39 is 52.7 Å². The molecule has 0 spiro atoms. The predicted molar refractivity (Wildman–Crippen MR) is 204 cm³/mol. The number of pyridine rings is 1. The second-order valence-corrected chi connectivity index (χ2v) is 17.0. The highest BCUT2D eigenvalue weighted by molar-refractivity contribution is 7.89. The van der Waals surface area contributed by atoms with Crippen LogP contribution in [-0.4, -0.2) is 101 Å². The van der Waals surface area contributed by atoms with Crippen molar-refractivity contribution in [2.75, 3.05) is 19.7 Å². The molecule has 14 nitrogen and oxygen atoms in total. The summed E-state index contributed by atoms with van der Waals surface area (Å²) in [5.41, 5.74) is 2.93. The standard InChI is InChI=1S/C39H51ClN4O10S/c40-32-12-11-28(19-25(32)23-53-39(15-16-39)31-20-41-17-14-29(31)30-3-1-2-4-35(30)54-27-9-10-27)55(51,52)43-18-13-24-5-7-26(8-6-24)44-38(50)42-21-33(46)36(48)37(49)34(47)22-45/h1-4,11-12,14,17,19-20,24,26-27,33-34,36-37,43,45-49H,5-10,13,15-16,18,21-23H2,(H2,42,44,50)/t24?,26?,33-,34+,36+,37+/m0/s1. The molecule has 0 radical (unpaired) electrons. The third-order valence-electron chi connectivity index (χ3n) is 10.7. The van der Waals surface area contributed by atoms with Crippen LogP contribution in [0.15, 0.2) is 65.8 Å². The Kier molecular flexibility index (Phi) is 13.7. The lowest BCUT2D eigenvalue weighted by Gasteiger charge is -2.29. The number of amides is 2. The fraction of sp³-hybridized carbons (Fsp3) is 0.538. The summed E-state index contributed by atoms with van der Waals surface area (Å²) in [4.78, 5) is 16.9. The number of carbonyl (C=O) groups is 1. The number of aliphatic hydroxyl groups is 5. The minimum atomic E-state index is -3.83. The molecule has 3 aromatic rings. The van der Waals surface area contributed by atoms with Crippen molar-refractivity contribution >= 4 is 27.7 Å². The second kappa shape index (κ2) is 18.3. The summed E-state index contributed by atoms with van der Waals surface area (Å²) in [6.45, 7) is -0.808. The molecular formula is C39H51ClN4O10S. The number of nitrogens with one attached hydrogen (secondary N) is 3. The van der Waals surface area contributed by atoms with Gasteiger partial charge in [0.15, 0.2) is 0 Å². The molecule has 3 aliphatic rings. The summed E-state index contributed by atoms with van der Waals surface area (Å²) in [5.74, 6) is 1.09. The van der Waals surface area contributed by atoms with E-state index in [2.05, 4.69) is 20.3 Å². The van der Waals surface area contributed by atoms with Gasteiger partial charge >= 0.3 is 6.03 Å². The fourth-order valence-corrected chi connectivity index (χ4v) is 8.26. The summed E-state index contributed by atoms with van der Waals surface area (Å²) in [7, 11) is -3.83. The Bertz CT molecular complexity index is 1870. The first-order valence-electron chi connectivity index (χ1n) is 18.9. The maximum absolute atomic E-state index is 13.4. The van der Waals surface area contributed by atoms with Gasteiger partial charge in [-0.1, -0.05) is 29.8 Å². The SMILES string of the molecule is O=C(NC[C@H](O)[C@@H](O)[C@H](O)[C@H](O)CO)NC1CCC(CCNS(=O)(=O)c2ccc(Cl)c(COC3(c4cnccc4-c4ccccc4OC4CC4)CC3)c2)CC1. The molecule has 0 aliphatic heterocycles. The van der Waals surface area contributed by atoms with E-state index in [0.717, 1.165) is 61.0 Å². The number of aromatic nitrogens is 1. The summed E-state index contributed by atoms with van der Waals surface area (Å²) in [6, 6.07) is 13.9. The molecule has 3 fully saturated rings. The number of sulfonamides is 1.